The molecule has 3 rings (SSSR count). The molecule has 0 amide bonds. The van der Waals surface area contributed by atoms with Crippen molar-refractivity contribution in [3.63, 3.8) is 0 Å². The molecule has 5 heteroatoms. The van der Waals surface area contributed by atoms with Crippen molar-refractivity contribution in [1.29, 1.82) is 0 Å². The third-order valence-corrected chi connectivity index (χ3v) is 4.07. The van der Waals surface area contributed by atoms with Crippen LogP contribution in [0.3, 0.4) is 0 Å². The summed E-state index contributed by atoms with van der Waals surface area (Å²) in [5.41, 5.74) is 2.21. The maximum absolute atomic E-state index is 12.8. The van der Waals surface area contributed by atoms with Crippen LogP contribution in [0.5, 0.6) is 5.75 Å². The van der Waals surface area contributed by atoms with Crippen molar-refractivity contribution in [3.05, 3.63) is 64.2 Å². The highest BCUT2D eigenvalue weighted by atomic mass is 127. The van der Waals surface area contributed by atoms with E-state index in [2.05, 4.69) is 27.6 Å². The number of alkyl halides is 1. The molecule has 0 aliphatic heterocycles. The zero-order valence-corrected chi connectivity index (χ0v) is 13.5. The molecule has 106 valence electrons. The molecule has 0 aliphatic carbocycles. The maximum Gasteiger partial charge on any atom is 0.265 e. The van der Waals surface area contributed by atoms with E-state index in [0.29, 0.717) is 21.2 Å². The average Bonchev–Trinajstić information content (AvgIpc) is 2.48. The van der Waals surface area contributed by atoms with E-state index in [0.717, 1.165) is 11.3 Å². The summed E-state index contributed by atoms with van der Waals surface area (Å²) in [5, 5.41) is 10.1. The van der Waals surface area contributed by atoms with E-state index in [1.54, 1.807) is 28.8 Å². The van der Waals surface area contributed by atoms with Crippen molar-refractivity contribution in [2.24, 2.45) is 0 Å². The Balaban J connectivity index is 2.41. The topological polar surface area (TPSA) is 55.1 Å². The average molecular weight is 392 g/mol. The molecule has 21 heavy (non-hydrogen) atoms. The van der Waals surface area contributed by atoms with E-state index in [-0.39, 0.29) is 11.3 Å². The number of para-hydroxylation sites is 1. The Morgan fingerprint density at radius 2 is 2.00 bits per heavy atom. The molecule has 1 aromatic heterocycles. The zero-order valence-electron chi connectivity index (χ0n) is 11.4. The Bertz CT molecular complexity index is 887. The Hall–Kier alpha value is -1.89. The van der Waals surface area contributed by atoms with Crippen LogP contribution in [0.25, 0.3) is 16.6 Å². The number of aryl methyl sites for hydroxylation is 1. The molecule has 0 saturated heterocycles. The molecule has 1 heterocycles. The number of fused-ring (bicyclic) bond motifs is 1. The first-order chi connectivity index (χ1) is 10.1. The molecule has 0 atom stereocenters. The van der Waals surface area contributed by atoms with Crippen LogP contribution >= 0.6 is 22.6 Å². The highest BCUT2D eigenvalue weighted by Crippen LogP contribution is 2.21. The predicted molar refractivity (Wildman–Crippen MR) is 91.5 cm³/mol. The smallest absolute Gasteiger partial charge is 0.265 e. The van der Waals surface area contributed by atoms with Gasteiger partial charge in [-0.1, -0.05) is 34.7 Å². The van der Waals surface area contributed by atoms with E-state index < -0.39 is 0 Å². The summed E-state index contributed by atoms with van der Waals surface area (Å²) in [4.78, 5) is 17.4. The van der Waals surface area contributed by atoms with Gasteiger partial charge in [0.1, 0.15) is 11.6 Å². The first-order valence-electron chi connectivity index (χ1n) is 6.48. The molecule has 1 N–H and O–H groups in total. The minimum atomic E-state index is -0.0824. The van der Waals surface area contributed by atoms with Gasteiger partial charge in [0.05, 0.1) is 21.0 Å². The van der Waals surface area contributed by atoms with Crippen LogP contribution in [0.4, 0.5) is 0 Å². The highest BCUT2D eigenvalue weighted by Gasteiger charge is 2.13. The molecule has 0 fully saturated rings. The SMILES string of the molecule is Cc1cc(O)ccc1-n1c(CI)nc2ccccc2c1=O. The van der Waals surface area contributed by atoms with E-state index in [1.807, 2.05) is 25.1 Å². The molecule has 0 bridgehead atoms. The quantitative estimate of drug-likeness (QED) is 0.538. The first-order valence-corrected chi connectivity index (χ1v) is 8.01. The molecule has 0 radical (unpaired) electrons. The normalized spacial score (nSPS) is 11.0. The minimum Gasteiger partial charge on any atom is -0.508 e. The van der Waals surface area contributed by atoms with Gasteiger partial charge in [-0.15, -0.1) is 0 Å². The number of phenolic OH excluding ortho intramolecular Hbond substituents is 1. The lowest BCUT2D eigenvalue weighted by molar-refractivity contribution is 0.474. The standard InChI is InChI=1S/C16H13IN2O2/c1-10-8-11(20)6-7-14(10)19-15(9-17)18-13-5-3-2-4-12(13)16(19)21/h2-8,20H,9H2,1H3. The summed E-state index contributed by atoms with van der Waals surface area (Å²) in [5.74, 6) is 0.891. The summed E-state index contributed by atoms with van der Waals surface area (Å²) in [6, 6.07) is 12.3. The number of aromatic nitrogens is 2. The van der Waals surface area contributed by atoms with Gasteiger partial charge in [-0.2, -0.15) is 0 Å². The van der Waals surface area contributed by atoms with Crippen LogP contribution in [0.2, 0.25) is 0 Å². The van der Waals surface area contributed by atoms with Crippen LogP contribution < -0.4 is 5.56 Å². The summed E-state index contributed by atoms with van der Waals surface area (Å²) in [6.45, 7) is 1.87. The van der Waals surface area contributed by atoms with E-state index >= 15 is 0 Å². The fourth-order valence-corrected chi connectivity index (χ4v) is 2.92. The maximum atomic E-state index is 12.8. The van der Waals surface area contributed by atoms with Crippen molar-refractivity contribution in [2.45, 2.75) is 11.4 Å². The van der Waals surface area contributed by atoms with Gasteiger partial charge in [-0.3, -0.25) is 9.36 Å². The van der Waals surface area contributed by atoms with Crippen molar-refractivity contribution in [3.8, 4) is 11.4 Å². The third kappa shape index (κ3) is 2.42. The van der Waals surface area contributed by atoms with Crippen molar-refractivity contribution < 1.29 is 5.11 Å². The second-order valence-corrected chi connectivity index (χ2v) is 5.55. The van der Waals surface area contributed by atoms with E-state index in [1.165, 1.54) is 0 Å². The van der Waals surface area contributed by atoms with Crippen LogP contribution in [-0.4, -0.2) is 14.7 Å². The van der Waals surface area contributed by atoms with Crippen LogP contribution in [-0.2, 0) is 4.43 Å². The van der Waals surface area contributed by atoms with Crippen molar-refractivity contribution >= 4 is 33.5 Å². The summed E-state index contributed by atoms with van der Waals surface area (Å²) < 4.78 is 2.25. The van der Waals surface area contributed by atoms with Gasteiger partial charge in [0.2, 0.25) is 0 Å². The van der Waals surface area contributed by atoms with E-state index in [4.69, 9.17) is 0 Å². The molecule has 4 nitrogen and oxygen atoms in total. The van der Waals surface area contributed by atoms with Gasteiger partial charge >= 0.3 is 0 Å². The lowest BCUT2D eigenvalue weighted by Gasteiger charge is -2.14. The molecule has 0 saturated carbocycles. The number of hydrogen-bond donors (Lipinski definition) is 1. The van der Waals surface area contributed by atoms with Crippen LogP contribution in [0.1, 0.15) is 11.4 Å². The Morgan fingerprint density at radius 1 is 1.24 bits per heavy atom. The number of phenols is 1. The first kappa shape index (κ1) is 14.1. The summed E-state index contributed by atoms with van der Waals surface area (Å²) in [6.07, 6.45) is 0. The Kier molecular flexibility index (Phi) is 3.67. The number of rotatable bonds is 2. The Morgan fingerprint density at radius 3 is 2.71 bits per heavy atom. The lowest BCUT2D eigenvalue weighted by Crippen LogP contribution is -2.23. The fraction of sp³-hybridized carbons (Fsp3) is 0.125. The van der Waals surface area contributed by atoms with Crippen LogP contribution in [0.15, 0.2) is 47.3 Å². The molecule has 0 aliphatic rings. The monoisotopic (exact) mass is 392 g/mol. The van der Waals surface area contributed by atoms with E-state index in [9.17, 15) is 9.90 Å². The zero-order chi connectivity index (χ0) is 15.0. The molecule has 3 aromatic rings. The van der Waals surface area contributed by atoms with Gasteiger partial charge in [-0.05, 0) is 42.8 Å². The van der Waals surface area contributed by atoms with Crippen molar-refractivity contribution in [1.82, 2.24) is 9.55 Å². The fourth-order valence-electron chi connectivity index (χ4n) is 2.41. The number of aromatic hydroxyl groups is 1. The minimum absolute atomic E-state index is 0.0824. The largest absolute Gasteiger partial charge is 0.508 e. The van der Waals surface area contributed by atoms with Gasteiger partial charge in [0.15, 0.2) is 0 Å². The lowest BCUT2D eigenvalue weighted by atomic mass is 10.1. The molecular formula is C16H13IN2O2. The van der Waals surface area contributed by atoms with Gasteiger partial charge in [-0.25, -0.2) is 4.98 Å². The molecular weight excluding hydrogens is 379 g/mol. The number of nitrogens with zero attached hydrogens (tertiary/aromatic N) is 2. The second kappa shape index (κ2) is 5.48. The highest BCUT2D eigenvalue weighted by molar-refractivity contribution is 14.1. The molecule has 2 aromatic carbocycles. The van der Waals surface area contributed by atoms with Crippen molar-refractivity contribution in [2.75, 3.05) is 0 Å². The van der Waals surface area contributed by atoms with Crippen LogP contribution in [0, 0.1) is 6.92 Å². The predicted octanol–water partition coefficient (Wildman–Crippen LogP) is 3.33. The summed E-state index contributed by atoms with van der Waals surface area (Å²) in [7, 11) is 0. The van der Waals surface area contributed by atoms with Gasteiger partial charge < -0.3 is 5.11 Å². The summed E-state index contributed by atoms with van der Waals surface area (Å²) >= 11 is 2.20. The van der Waals surface area contributed by atoms with Gasteiger partial charge in [0, 0.05) is 0 Å². The number of halogens is 1. The second-order valence-electron chi connectivity index (χ2n) is 4.79. The molecule has 0 unspecified atom stereocenters. The third-order valence-electron chi connectivity index (χ3n) is 3.39. The van der Waals surface area contributed by atoms with Gasteiger partial charge in [0.25, 0.3) is 5.56 Å². The Labute approximate surface area is 135 Å². The molecule has 0 spiro atoms. The number of benzene rings is 2. The number of hydrogen-bond acceptors (Lipinski definition) is 3.